The lowest BCUT2D eigenvalue weighted by molar-refractivity contribution is -0.133. The van der Waals surface area contributed by atoms with Gasteiger partial charge in [-0.2, -0.15) is 5.26 Å². The van der Waals surface area contributed by atoms with E-state index in [4.69, 9.17) is 5.26 Å². The molecule has 0 unspecified atom stereocenters. The number of carbonyl (C=O) groups is 3. The number of rotatable bonds is 7. The van der Waals surface area contributed by atoms with E-state index in [1.807, 2.05) is 0 Å². The Morgan fingerprint density at radius 1 is 1.33 bits per heavy atom. The van der Waals surface area contributed by atoms with Crippen LogP contribution in [-0.2, 0) is 9.59 Å². The Labute approximate surface area is 142 Å². The van der Waals surface area contributed by atoms with Crippen LogP contribution in [0.4, 0.5) is 4.79 Å². The van der Waals surface area contributed by atoms with Crippen molar-refractivity contribution in [2.75, 3.05) is 13.1 Å². The van der Waals surface area contributed by atoms with Gasteiger partial charge in [0.2, 0.25) is 5.91 Å². The first-order valence-corrected chi connectivity index (χ1v) is 8.88. The van der Waals surface area contributed by atoms with Crippen LogP contribution < -0.4 is 5.32 Å². The number of urea groups is 1. The van der Waals surface area contributed by atoms with Gasteiger partial charge < -0.3 is 10.2 Å². The third kappa shape index (κ3) is 3.23. The molecule has 0 atom stereocenters. The lowest BCUT2D eigenvalue weighted by Gasteiger charge is -2.22. The average molecular weight is 332 g/mol. The fourth-order valence-corrected chi connectivity index (χ4v) is 3.80. The maximum absolute atomic E-state index is 12.5. The highest BCUT2D eigenvalue weighted by Gasteiger charge is 2.52. The molecule has 0 aromatic rings. The lowest BCUT2D eigenvalue weighted by atomic mass is 9.98. The Bertz CT molecular complexity index is 573. The summed E-state index contributed by atoms with van der Waals surface area (Å²) in [6.45, 7) is 0.765. The molecule has 4 amide bonds. The van der Waals surface area contributed by atoms with Gasteiger partial charge in [0.05, 0.1) is 12.5 Å². The van der Waals surface area contributed by atoms with Gasteiger partial charge in [-0.3, -0.25) is 14.5 Å². The van der Waals surface area contributed by atoms with Gasteiger partial charge >= 0.3 is 6.03 Å². The highest BCUT2D eigenvalue weighted by molar-refractivity contribution is 6.07. The van der Waals surface area contributed by atoms with Gasteiger partial charge in [0.15, 0.2) is 0 Å². The Morgan fingerprint density at radius 2 is 2.04 bits per heavy atom. The Morgan fingerprint density at radius 3 is 2.67 bits per heavy atom. The molecule has 1 heterocycles. The fourth-order valence-electron chi connectivity index (χ4n) is 3.80. The number of nitriles is 1. The molecule has 3 rings (SSSR count). The van der Waals surface area contributed by atoms with Crippen LogP contribution in [0, 0.1) is 11.3 Å². The van der Waals surface area contributed by atoms with Crippen molar-refractivity contribution >= 4 is 17.8 Å². The van der Waals surface area contributed by atoms with Gasteiger partial charge in [0, 0.05) is 25.6 Å². The molecular weight excluding hydrogens is 308 g/mol. The molecule has 0 bridgehead atoms. The van der Waals surface area contributed by atoms with Crippen molar-refractivity contribution in [3.8, 4) is 6.07 Å². The van der Waals surface area contributed by atoms with E-state index in [9.17, 15) is 14.4 Å². The predicted molar refractivity (Wildman–Crippen MR) is 85.6 cm³/mol. The summed E-state index contributed by atoms with van der Waals surface area (Å²) < 4.78 is 0. The van der Waals surface area contributed by atoms with Crippen molar-refractivity contribution in [3.63, 3.8) is 0 Å². The number of carbonyl (C=O) groups excluding carboxylic acids is 3. The highest BCUT2D eigenvalue weighted by Crippen LogP contribution is 2.35. The first kappa shape index (κ1) is 16.7. The first-order valence-electron chi connectivity index (χ1n) is 8.88. The molecule has 130 valence electrons. The smallest absolute Gasteiger partial charge is 0.325 e. The van der Waals surface area contributed by atoms with E-state index in [1.165, 1.54) is 4.90 Å². The second kappa shape index (κ2) is 6.80. The molecule has 3 fully saturated rings. The molecule has 1 aliphatic heterocycles. The Kier molecular flexibility index (Phi) is 4.74. The zero-order valence-corrected chi connectivity index (χ0v) is 13.9. The van der Waals surface area contributed by atoms with Crippen LogP contribution in [0.3, 0.4) is 0 Å². The normalized spacial score (nSPS) is 21.9. The third-order valence-corrected chi connectivity index (χ3v) is 5.25. The highest BCUT2D eigenvalue weighted by atomic mass is 16.2. The minimum atomic E-state index is -0.673. The second-order valence-corrected chi connectivity index (χ2v) is 7.01. The Hall–Kier alpha value is -2.10. The van der Waals surface area contributed by atoms with E-state index in [0.29, 0.717) is 25.8 Å². The minimum Gasteiger partial charge on any atom is -0.339 e. The number of hydrogen-bond donors (Lipinski definition) is 1. The summed E-state index contributed by atoms with van der Waals surface area (Å²) in [5, 5.41) is 11.6. The molecule has 2 saturated carbocycles. The van der Waals surface area contributed by atoms with Gasteiger partial charge in [-0.25, -0.2) is 4.79 Å². The lowest BCUT2D eigenvalue weighted by Crippen LogP contribution is -2.44. The van der Waals surface area contributed by atoms with E-state index in [0.717, 1.165) is 38.5 Å². The topological polar surface area (TPSA) is 93.5 Å². The largest absolute Gasteiger partial charge is 0.339 e. The van der Waals surface area contributed by atoms with Gasteiger partial charge in [0.25, 0.3) is 5.91 Å². The van der Waals surface area contributed by atoms with Crippen LogP contribution in [0.1, 0.15) is 57.8 Å². The molecule has 1 saturated heterocycles. The molecule has 0 aromatic carbocycles. The summed E-state index contributed by atoms with van der Waals surface area (Å²) in [5.74, 6) is -0.101. The quantitative estimate of drug-likeness (QED) is 0.716. The van der Waals surface area contributed by atoms with E-state index in [1.54, 1.807) is 4.90 Å². The average Bonchev–Trinajstić information content (AvgIpc) is 3.24. The SMILES string of the molecule is N#CCCN(C(=O)CCCN1C(=O)NC2(CCCC2)C1=O)C1CC1. The zero-order valence-electron chi connectivity index (χ0n) is 13.9. The molecule has 24 heavy (non-hydrogen) atoms. The van der Waals surface area contributed by atoms with Crippen molar-refractivity contribution in [2.24, 2.45) is 0 Å². The summed E-state index contributed by atoms with van der Waals surface area (Å²) in [6.07, 6.45) is 6.52. The first-order chi connectivity index (χ1) is 11.6. The molecule has 1 N–H and O–H groups in total. The number of amides is 4. The Balaban J connectivity index is 1.49. The standard InChI is InChI=1S/C17H24N4O3/c18-10-4-12-20(13-6-7-13)14(22)5-3-11-21-15(23)17(19-16(21)24)8-1-2-9-17/h13H,1-9,11-12H2,(H,19,24). The molecule has 3 aliphatic rings. The predicted octanol–water partition coefficient (Wildman–Crippen LogP) is 1.54. The van der Waals surface area contributed by atoms with Gasteiger partial charge in [-0.1, -0.05) is 12.8 Å². The molecule has 7 nitrogen and oxygen atoms in total. The van der Waals surface area contributed by atoms with E-state index < -0.39 is 5.54 Å². The number of nitrogens with zero attached hydrogens (tertiary/aromatic N) is 3. The van der Waals surface area contributed by atoms with Crippen molar-refractivity contribution in [1.82, 2.24) is 15.1 Å². The molecule has 2 aliphatic carbocycles. The van der Waals surface area contributed by atoms with E-state index >= 15 is 0 Å². The van der Waals surface area contributed by atoms with Crippen molar-refractivity contribution in [2.45, 2.75) is 69.4 Å². The summed E-state index contributed by atoms with van der Waals surface area (Å²) in [4.78, 5) is 40.0. The summed E-state index contributed by atoms with van der Waals surface area (Å²) in [5.41, 5.74) is -0.673. The monoisotopic (exact) mass is 332 g/mol. The zero-order chi connectivity index (χ0) is 17.2. The minimum absolute atomic E-state index is 0.0235. The van der Waals surface area contributed by atoms with E-state index in [2.05, 4.69) is 11.4 Å². The molecule has 7 heteroatoms. The second-order valence-electron chi connectivity index (χ2n) is 7.01. The number of hydrogen-bond acceptors (Lipinski definition) is 4. The van der Waals surface area contributed by atoms with Crippen LogP contribution in [0.2, 0.25) is 0 Å². The van der Waals surface area contributed by atoms with Gasteiger partial charge in [-0.05, 0) is 32.1 Å². The number of imide groups is 1. The maximum atomic E-state index is 12.5. The van der Waals surface area contributed by atoms with Crippen molar-refractivity contribution in [3.05, 3.63) is 0 Å². The van der Waals surface area contributed by atoms with Crippen molar-refractivity contribution < 1.29 is 14.4 Å². The van der Waals surface area contributed by atoms with E-state index in [-0.39, 0.29) is 30.4 Å². The van der Waals surface area contributed by atoms with Gasteiger partial charge in [0.1, 0.15) is 5.54 Å². The van der Waals surface area contributed by atoms with Crippen LogP contribution in [0.15, 0.2) is 0 Å². The van der Waals surface area contributed by atoms with Gasteiger partial charge in [-0.15, -0.1) is 0 Å². The molecule has 0 radical (unpaired) electrons. The van der Waals surface area contributed by atoms with Crippen LogP contribution in [0.5, 0.6) is 0 Å². The fraction of sp³-hybridized carbons (Fsp3) is 0.765. The maximum Gasteiger partial charge on any atom is 0.325 e. The van der Waals surface area contributed by atoms with Crippen LogP contribution in [-0.4, -0.2) is 52.3 Å². The molecule has 0 aromatic heterocycles. The van der Waals surface area contributed by atoms with Crippen LogP contribution in [0.25, 0.3) is 0 Å². The molecule has 1 spiro atoms. The summed E-state index contributed by atoms with van der Waals surface area (Å²) >= 11 is 0. The number of nitrogens with one attached hydrogen (secondary N) is 1. The summed E-state index contributed by atoms with van der Waals surface area (Å²) in [7, 11) is 0. The third-order valence-electron chi connectivity index (χ3n) is 5.25. The van der Waals surface area contributed by atoms with Crippen LogP contribution >= 0.6 is 0 Å². The van der Waals surface area contributed by atoms with Crippen molar-refractivity contribution in [1.29, 1.82) is 5.26 Å². The molecular formula is C17H24N4O3. The summed E-state index contributed by atoms with van der Waals surface area (Å²) in [6, 6.07) is 2.04.